The molecular formula is C40H28BF24K. The molecule has 0 heterocycles. The zero-order chi connectivity index (χ0) is 49.6. The van der Waals surface area contributed by atoms with Gasteiger partial charge in [0.15, 0.2) is 0 Å². The van der Waals surface area contributed by atoms with Crippen molar-refractivity contribution in [3.63, 3.8) is 0 Å². The molecule has 0 spiro atoms. The average Bonchev–Trinajstić information content (AvgIpc) is 2.98. The van der Waals surface area contributed by atoms with Gasteiger partial charge in [0.25, 0.3) is 0 Å². The van der Waals surface area contributed by atoms with Crippen LogP contribution in [0.1, 0.15) is 44.5 Å². The number of rotatable bonds is 12. The third kappa shape index (κ3) is 18.4. The predicted molar refractivity (Wildman–Crippen MR) is 188 cm³/mol. The van der Waals surface area contributed by atoms with E-state index in [1.54, 1.807) is 0 Å². The van der Waals surface area contributed by atoms with Crippen LogP contribution in [0.2, 0.25) is 0 Å². The Kier molecular flexibility index (Phi) is 17.4. The molecule has 0 unspecified atom stereocenters. The fraction of sp³-hybridized carbons (Fsp3) is 0.400. The van der Waals surface area contributed by atoms with Crippen LogP contribution in [0, 0.1) is 0 Å². The van der Waals surface area contributed by atoms with Crippen LogP contribution in [0.3, 0.4) is 0 Å². The molecule has 4 aromatic carbocycles. The molecule has 0 atom stereocenters. The summed E-state index contributed by atoms with van der Waals surface area (Å²) in [4.78, 5) is 0. The zero-order valence-corrected chi connectivity index (χ0v) is 36.4. The third-order valence-corrected chi connectivity index (χ3v) is 9.54. The SMILES string of the molecule is FC(F)(F)Cc1cc(CC(F)(F)F)cc([B-](c2cc(CC(F)(F)F)cc(CC(F)(F)F)c2)(c2cc(CC(F)(F)F)cc(CC(F)(F)F)c2)c2cc(CC(F)(F)F)cc(CC(F)(F)F)c2)c1.[K+]. The maximum absolute atomic E-state index is 14.0. The normalized spacial score (nSPS) is 13.8. The van der Waals surface area contributed by atoms with Gasteiger partial charge in [-0.05, 0) is 44.5 Å². The molecule has 0 amide bonds. The first-order valence-electron chi connectivity index (χ1n) is 18.3. The number of hydrogen-bond donors (Lipinski definition) is 0. The summed E-state index contributed by atoms with van der Waals surface area (Å²) in [6, 6.07) is 3.13. The van der Waals surface area contributed by atoms with E-state index in [9.17, 15) is 105 Å². The van der Waals surface area contributed by atoms with Gasteiger partial charge in [-0.25, -0.2) is 0 Å². The summed E-state index contributed by atoms with van der Waals surface area (Å²) in [6.07, 6.45) is -65.7. The number of hydrogen-bond acceptors (Lipinski definition) is 0. The Morgan fingerprint density at radius 1 is 0.212 bits per heavy atom. The molecule has 4 rings (SSSR count). The fourth-order valence-electron chi connectivity index (χ4n) is 7.99. The molecule has 0 aliphatic rings. The minimum absolute atomic E-state index is 0. The number of benzene rings is 4. The Bertz CT molecular complexity index is 1830. The summed E-state index contributed by atoms with van der Waals surface area (Å²) < 4.78 is 336. The topological polar surface area (TPSA) is 0 Å². The van der Waals surface area contributed by atoms with E-state index in [4.69, 9.17) is 0 Å². The van der Waals surface area contributed by atoms with Crippen LogP contribution in [-0.2, 0) is 51.4 Å². The number of alkyl halides is 24. The molecule has 0 nitrogen and oxygen atoms in total. The van der Waals surface area contributed by atoms with Crippen LogP contribution >= 0.6 is 0 Å². The van der Waals surface area contributed by atoms with Crippen molar-refractivity contribution in [2.24, 2.45) is 0 Å². The summed E-state index contributed by atoms with van der Waals surface area (Å²) in [7, 11) is 0. The van der Waals surface area contributed by atoms with Crippen molar-refractivity contribution in [2.45, 2.75) is 101 Å². The molecule has 0 bridgehead atoms. The molecule has 0 saturated carbocycles. The Balaban J connectivity index is 0.0000116. The molecule has 0 radical (unpaired) electrons. The van der Waals surface area contributed by atoms with E-state index >= 15 is 0 Å². The van der Waals surface area contributed by atoms with E-state index in [0.717, 1.165) is 0 Å². The van der Waals surface area contributed by atoms with Crippen molar-refractivity contribution >= 4 is 28.0 Å². The van der Waals surface area contributed by atoms with Gasteiger partial charge in [0.2, 0.25) is 0 Å². The first-order valence-corrected chi connectivity index (χ1v) is 18.3. The van der Waals surface area contributed by atoms with Crippen molar-refractivity contribution in [1.29, 1.82) is 0 Å². The Morgan fingerprint density at radius 3 is 0.409 bits per heavy atom. The Labute approximate surface area is 400 Å². The standard InChI is InChI=1S/C40H28BF24.K/c42-33(43,44)13-21-1-22(14-34(45,46)47)6-29(5-21)41(30-7-23(15-35(48,49)50)2-24(8-30)16-36(51,52)53,31-9-25(17-37(54,55)56)3-26(10-31)18-38(57,58)59)32-11-27(19-39(60,61)62)4-28(12-32)20-40(63,64)65;/h1-12H,13-20H2;/q-1;+1. The van der Waals surface area contributed by atoms with Crippen LogP contribution < -0.4 is 73.2 Å². The maximum Gasteiger partial charge on any atom is 1.00 e. The Morgan fingerprint density at radius 2 is 0.318 bits per heavy atom. The van der Waals surface area contributed by atoms with Crippen molar-refractivity contribution < 1.29 is 157 Å². The van der Waals surface area contributed by atoms with Gasteiger partial charge in [-0.1, -0.05) is 72.8 Å². The maximum atomic E-state index is 14.0. The first-order chi connectivity index (χ1) is 29.0. The van der Waals surface area contributed by atoms with Crippen LogP contribution in [0.4, 0.5) is 105 Å². The van der Waals surface area contributed by atoms with Gasteiger partial charge in [0.1, 0.15) is 6.15 Å². The summed E-state index contributed by atoms with van der Waals surface area (Å²) in [5, 5.41) is 0. The second kappa shape index (κ2) is 20.1. The van der Waals surface area contributed by atoms with Gasteiger partial charge < -0.3 is 0 Å². The van der Waals surface area contributed by atoms with Crippen LogP contribution in [0.25, 0.3) is 0 Å². The van der Waals surface area contributed by atoms with Crippen LogP contribution in [0.5, 0.6) is 0 Å². The summed E-state index contributed by atoms with van der Waals surface area (Å²) >= 11 is 0. The zero-order valence-electron chi connectivity index (χ0n) is 33.2. The average molecular weight is 1010 g/mol. The fourth-order valence-corrected chi connectivity index (χ4v) is 7.99. The van der Waals surface area contributed by atoms with Gasteiger partial charge in [-0.2, -0.15) is 127 Å². The molecule has 0 aromatic heterocycles. The summed E-state index contributed by atoms with van der Waals surface area (Å²) in [5.41, 5.74) is -14.8. The van der Waals surface area contributed by atoms with E-state index < -0.39 is 173 Å². The quantitative estimate of drug-likeness (QED) is 0.0984. The molecule has 0 N–H and O–H groups in total. The van der Waals surface area contributed by atoms with Crippen molar-refractivity contribution in [3.05, 3.63) is 117 Å². The predicted octanol–water partition coefficient (Wildman–Crippen LogP) is 8.91. The molecule has 66 heavy (non-hydrogen) atoms. The Hall–Kier alpha value is -3.10. The monoisotopic (exact) mass is 1010 g/mol. The minimum Gasteiger partial charge on any atom is -0.195 e. The summed E-state index contributed by atoms with van der Waals surface area (Å²) in [5.74, 6) is 0. The third-order valence-electron chi connectivity index (χ3n) is 9.54. The van der Waals surface area contributed by atoms with E-state index in [0.29, 0.717) is 0 Å². The van der Waals surface area contributed by atoms with Gasteiger partial charge in [0.05, 0.1) is 51.4 Å². The second-order valence-corrected chi connectivity index (χ2v) is 15.5. The van der Waals surface area contributed by atoms with Gasteiger partial charge in [-0.3, -0.25) is 0 Å². The van der Waals surface area contributed by atoms with Crippen LogP contribution in [0.15, 0.2) is 72.8 Å². The van der Waals surface area contributed by atoms with Crippen LogP contribution in [-0.4, -0.2) is 55.6 Å². The molecule has 0 aliphatic carbocycles. The summed E-state index contributed by atoms with van der Waals surface area (Å²) in [6.45, 7) is 0. The van der Waals surface area contributed by atoms with E-state index in [-0.39, 0.29) is 124 Å². The van der Waals surface area contributed by atoms with Crippen molar-refractivity contribution in [2.75, 3.05) is 0 Å². The molecule has 26 heteroatoms. The smallest absolute Gasteiger partial charge is 0.195 e. The molecular weight excluding hydrogens is 986 g/mol. The molecule has 360 valence electrons. The molecule has 4 aromatic rings. The first kappa shape index (κ1) is 57.2. The van der Waals surface area contributed by atoms with E-state index in [1.807, 2.05) is 0 Å². The minimum atomic E-state index is -5.39. The van der Waals surface area contributed by atoms with Crippen molar-refractivity contribution in [1.82, 2.24) is 0 Å². The largest absolute Gasteiger partial charge is 1.00 e. The van der Waals surface area contributed by atoms with Crippen molar-refractivity contribution in [3.8, 4) is 0 Å². The van der Waals surface area contributed by atoms with Gasteiger partial charge in [0, 0.05) is 0 Å². The molecule has 0 saturated heterocycles. The van der Waals surface area contributed by atoms with Gasteiger partial charge >= 0.3 is 101 Å². The van der Waals surface area contributed by atoms with E-state index in [2.05, 4.69) is 0 Å². The second-order valence-electron chi connectivity index (χ2n) is 15.5. The van der Waals surface area contributed by atoms with Gasteiger partial charge in [-0.15, -0.1) is 0 Å². The molecule has 0 fully saturated rings. The van der Waals surface area contributed by atoms with E-state index in [1.165, 1.54) is 0 Å². The number of halogens is 24. The molecule has 0 aliphatic heterocycles.